The van der Waals surface area contributed by atoms with Gasteiger partial charge in [0.05, 0.1) is 0 Å². The van der Waals surface area contributed by atoms with Gasteiger partial charge in [0.15, 0.2) is 0 Å². The first-order valence-corrected chi connectivity index (χ1v) is 8.15. The molecule has 0 spiro atoms. The van der Waals surface area contributed by atoms with Crippen LogP contribution in [0.3, 0.4) is 0 Å². The van der Waals surface area contributed by atoms with Crippen LogP contribution in [0.1, 0.15) is 49.7 Å². The average molecular weight is 301 g/mol. The first kappa shape index (κ1) is 16.8. The molecule has 0 heterocycles. The number of carbonyl (C=O) groups is 1. The summed E-state index contributed by atoms with van der Waals surface area (Å²) < 4.78 is 5.45. The summed E-state index contributed by atoms with van der Waals surface area (Å²) in [6.07, 6.45) is 7.44. The van der Waals surface area contributed by atoms with E-state index in [4.69, 9.17) is 4.74 Å². The van der Waals surface area contributed by atoms with E-state index >= 15 is 0 Å². The molecule has 0 amide bonds. The van der Waals surface area contributed by atoms with Crippen molar-refractivity contribution in [3.63, 3.8) is 0 Å². The quantitative estimate of drug-likeness (QED) is 0.610. The number of hydrogen-bond acceptors (Lipinski definition) is 3. The number of hydrogen-bond donors (Lipinski definition) is 0. The molecule has 1 fully saturated rings. The van der Waals surface area contributed by atoms with Crippen LogP contribution in [0.4, 0.5) is 0 Å². The Balaban J connectivity index is 1.85. The number of benzene rings is 1. The van der Waals surface area contributed by atoms with Crippen LogP contribution in [0, 0.1) is 0 Å². The normalized spacial score (nSPS) is 22.2. The van der Waals surface area contributed by atoms with Crippen molar-refractivity contribution in [3.8, 4) is 0 Å². The van der Waals surface area contributed by atoms with Gasteiger partial charge in [0.2, 0.25) is 0 Å². The maximum Gasteiger partial charge on any atom is 0.330 e. The lowest BCUT2D eigenvalue weighted by Gasteiger charge is -2.28. The third-order valence-electron chi connectivity index (χ3n) is 4.21. The summed E-state index contributed by atoms with van der Waals surface area (Å²) in [5.74, 6) is 0.393. The van der Waals surface area contributed by atoms with Gasteiger partial charge in [-0.3, -0.25) is 0 Å². The minimum absolute atomic E-state index is 0.0907. The van der Waals surface area contributed by atoms with E-state index < -0.39 is 0 Å². The number of ether oxygens (including phenoxy) is 1. The van der Waals surface area contributed by atoms with Gasteiger partial charge in [-0.1, -0.05) is 30.3 Å². The molecule has 2 rings (SSSR count). The Morgan fingerprint density at radius 2 is 1.82 bits per heavy atom. The van der Waals surface area contributed by atoms with Crippen molar-refractivity contribution in [2.24, 2.45) is 0 Å². The van der Waals surface area contributed by atoms with Gasteiger partial charge in [0.1, 0.15) is 6.10 Å². The highest BCUT2D eigenvalue weighted by Gasteiger charge is 2.24. The minimum atomic E-state index is -0.209. The predicted octanol–water partition coefficient (Wildman–Crippen LogP) is 3.89. The van der Waals surface area contributed by atoms with E-state index in [1.165, 1.54) is 17.2 Å². The second-order valence-corrected chi connectivity index (χ2v) is 6.39. The lowest BCUT2D eigenvalue weighted by atomic mass is 9.82. The number of allylic oxidation sites excluding steroid dienone is 1. The summed E-state index contributed by atoms with van der Waals surface area (Å²) in [6.45, 7) is 2.81. The number of nitrogens with zero attached hydrogens (tertiary/aromatic N) is 1. The summed E-state index contributed by atoms with van der Waals surface area (Å²) in [5, 5.41) is 0. The van der Waals surface area contributed by atoms with E-state index in [1.807, 2.05) is 6.92 Å². The highest BCUT2D eigenvalue weighted by Crippen LogP contribution is 2.34. The van der Waals surface area contributed by atoms with Gasteiger partial charge >= 0.3 is 5.97 Å². The lowest BCUT2D eigenvalue weighted by Crippen LogP contribution is -2.23. The van der Waals surface area contributed by atoms with Crippen molar-refractivity contribution < 1.29 is 9.53 Å². The molecule has 0 N–H and O–H groups in total. The zero-order valence-electron chi connectivity index (χ0n) is 13.9. The number of esters is 1. The van der Waals surface area contributed by atoms with E-state index in [0.29, 0.717) is 5.92 Å². The van der Waals surface area contributed by atoms with Crippen LogP contribution < -0.4 is 0 Å². The molecule has 1 saturated carbocycles. The fraction of sp³-hybridized carbons (Fsp3) is 0.526. The molecule has 1 aliphatic carbocycles. The molecule has 1 aromatic rings. The maximum atomic E-state index is 11.5. The van der Waals surface area contributed by atoms with Crippen LogP contribution in [0.25, 0.3) is 0 Å². The molecule has 0 atom stereocenters. The third kappa shape index (κ3) is 4.99. The Bertz CT molecular complexity index is 497. The van der Waals surface area contributed by atoms with Crippen molar-refractivity contribution in [1.29, 1.82) is 0 Å². The molecule has 0 aliphatic heterocycles. The van der Waals surface area contributed by atoms with Crippen LogP contribution in [0.15, 0.2) is 36.4 Å². The van der Waals surface area contributed by atoms with Crippen LogP contribution in [-0.2, 0) is 16.1 Å². The summed E-state index contributed by atoms with van der Waals surface area (Å²) in [5.41, 5.74) is 2.77. The summed E-state index contributed by atoms with van der Waals surface area (Å²) >= 11 is 0. The fourth-order valence-corrected chi connectivity index (χ4v) is 3.11. The van der Waals surface area contributed by atoms with Crippen molar-refractivity contribution in [2.45, 2.75) is 51.2 Å². The summed E-state index contributed by atoms with van der Waals surface area (Å²) in [4.78, 5) is 13.7. The van der Waals surface area contributed by atoms with Crippen molar-refractivity contribution in [3.05, 3.63) is 47.5 Å². The molecular weight excluding hydrogens is 274 g/mol. The van der Waals surface area contributed by atoms with E-state index in [1.54, 1.807) is 6.08 Å². The molecule has 0 radical (unpaired) electrons. The minimum Gasteiger partial charge on any atom is -0.459 e. The van der Waals surface area contributed by atoms with Gasteiger partial charge in [-0.25, -0.2) is 4.79 Å². The second kappa shape index (κ2) is 8.14. The first-order valence-electron chi connectivity index (χ1n) is 8.15. The summed E-state index contributed by atoms with van der Waals surface area (Å²) in [6, 6.07) is 8.98. The number of rotatable bonds is 5. The van der Waals surface area contributed by atoms with Crippen molar-refractivity contribution >= 4 is 5.97 Å². The molecule has 22 heavy (non-hydrogen) atoms. The van der Waals surface area contributed by atoms with Gasteiger partial charge in [-0.2, -0.15) is 0 Å². The third-order valence-corrected chi connectivity index (χ3v) is 4.21. The highest BCUT2D eigenvalue weighted by molar-refractivity contribution is 5.81. The standard InChI is InChI=1S/C19H27NO2/c1-4-5-19(21)22-18-12-10-17(11-13-18)16-8-6-15(7-9-16)14-20(2)3/h4-9,17-18H,10-14H2,1-3H3/b5-4+. The number of carbonyl (C=O) groups excluding carboxylic acids is 1. The van der Waals surface area contributed by atoms with Crippen LogP contribution in [-0.4, -0.2) is 31.1 Å². The zero-order valence-corrected chi connectivity index (χ0v) is 13.9. The predicted molar refractivity (Wildman–Crippen MR) is 89.7 cm³/mol. The first-order chi connectivity index (χ1) is 10.6. The Morgan fingerprint density at radius 3 is 2.36 bits per heavy atom. The molecule has 120 valence electrons. The maximum absolute atomic E-state index is 11.5. The topological polar surface area (TPSA) is 29.5 Å². The van der Waals surface area contributed by atoms with Gasteiger partial charge in [0.25, 0.3) is 0 Å². The Kier molecular flexibility index (Phi) is 6.20. The lowest BCUT2D eigenvalue weighted by molar-refractivity contribution is -0.144. The van der Waals surface area contributed by atoms with Gasteiger partial charge in [-0.15, -0.1) is 0 Å². The fourth-order valence-electron chi connectivity index (χ4n) is 3.11. The van der Waals surface area contributed by atoms with Gasteiger partial charge < -0.3 is 9.64 Å². The van der Waals surface area contributed by atoms with E-state index in [9.17, 15) is 4.79 Å². The molecule has 1 aliphatic rings. The zero-order chi connectivity index (χ0) is 15.9. The Labute approximate surface area is 134 Å². The van der Waals surface area contributed by atoms with Crippen molar-refractivity contribution in [2.75, 3.05) is 14.1 Å². The Morgan fingerprint density at radius 1 is 1.18 bits per heavy atom. The van der Waals surface area contributed by atoms with Gasteiger partial charge in [-0.05, 0) is 63.7 Å². The highest BCUT2D eigenvalue weighted by atomic mass is 16.5. The van der Waals surface area contributed by atoms with E-state index in [-0.39, 0.29) is 12.1 Å². The van der Waals surface area contributed by atoms with Crippen LogP contribution in [0.5, 0.6) is 0 Å². The van der Waals surface area contributed by atoms with E-state index in [2.05, 4.69) is 43.3 Å². The van der Waals surface area contributed by atoms with Crippen LogP contribution >= 0.6 is 0 Å². The molecule has 3 nitrogen and oxygen atoms in total. The van der Waals surface area contributed by atoms with Crippen LogP contribution in [0.2, 0.25) is 0 Å². The summed E-state index contributed by atoms with van der Waals surface area (Å²) in [7, 11) is 4.18. The molecule has 3 heteroatoms. The van der Waals surface area contributed by atoms with E-state index in [0.717, 1.165) is 32.2 Å². The molecule has 1 aromatic carbocycles. The second-order valence-electron chi connectivity index (χ2n) is 6.39. The van der Waals surface area contributed by atoms with Crippen molar-refractivity contribution in [1.82, 2.24) is 4.90 Å². The molecule has 0 unspecified atom stereocenters. The molecule has 0 bridgehead atoms. The average Bonchev–Trinajstić information content (AvgIpc) is 2.48. The smallest absolute Gasteiger partial charge is 0.330 e. The Hall–Kier alpha value is -1.61. The molecule has 0 saturated heterocycles. The molecule has 0 aromatic heterocycles. The monoisotopic (exact) mass is 301 g/mol. The van der Waals surface area contributed by atoms with Gasteiger partial charge in [0, 0.05) is 12.6 Å². The largest absolute Gasteiger partial charge is 0.459 e. The SMILES string of the molecule is C/C=C/C(=O)OC1CCC(c2ccc(CN(C)C)cc2)CC1. The molecular formula is C19H27NO2.